The van der Waals surface area contributed by atoms with Gasteiger partial charge < -0.3 is 71.7 Å². The number of nitrogens with zero attached hydrogens (tertiary/aromatic N) is 6. The Morgan fingerprint density at radius 2 is 1.01 bits per heavy atom. The fourth-order valence-corrected chi connectivity index (χ4v) is 10.1. The Labute approximate surface area is 512 Å². The van der Waals surface area contributed by atoms with Crippen molar-refractivity contribution in [1.82, 2.24) is 50.7 Å². The first-order valence-electron chi connectivity index (χ1n) is 30.2. The molecule has 12 atom stereocenters. The second kappa shape index (κ2) is 36.2. The number of hydrogen-bond acceptors (Lipinski definition) is 14. The maximum Gasteiger partial charge on any atom is 0.325 e. The Balaban J connectivity index is 7.06. The molecule has 0 spiro atoms. The van der Waals surface area contributed by atoms with E-state index in [4.69, 9.17) is 5.73 Å². The highest BCUT2D eigenvalue weighted by molar-refractivity contribution is 5.98. The van der Waals surface area contributed by atoms with Crippen LogP contribution in [0.15, 0.2) is 12.2 Å². The topological polar surface area (TPSA) is 342 Å². The predicted molar refractivity (Wildman–Crippen MR) is 329 cm³/mol. The minimum atomic E-state index is -1.64. The van der Waals surface area contributed by atoms with E-state index in [0.29, 0.717) is 0 Å². The third-order valence-electron chi connectivity index (χ3n) is 15.2. The van der Waals surface area contributed by atoms with Gasteiger partial charge in [0, 0.05) is 48.7 Å². The van der Waals surface area contributed by atoms with Crippen molar-refractivity contribution in [3.63, 3.8) is 0 Å². The number of nitrogens with two attached hydrogens (primary N) is 1. The summed E-state index contributed by atoms with van der Waals surface area (Å²) in [5, 5.41) is 42.9. The molecular weight excluding hydrogens is 1110 g/mol. The summed E-state index contributed by atoms with van der Waals surface area (Å²) in [5.74, 6) is -10.4. The fourth-order valence-electron chi connectivity index (χ4n) is 10.1. The van der Waals surface area contributed by atoms with Crippen LogP contribution >= 0.6 is 0 Å². The van der Waals surface area contributed by atoms with Gasteiger partial charge in [-0.2, -0.15) is 0 Å². The lowest BCUT2D eigenvalue weighted by atomic mass is 9.91. The van der Waals surface area contributed by atoms with Crippen molar-refractivity contribution >= 4 is 65.0 Å². The van der Waals surface area contributed by atoms with Gasteiger partial charge in [0.15, 0.2) is 0 Å². The molecule has 0 aliphatic rings. The molecule has 0 unspecified atom stereocenters. The number of carboxylic acids is 1. The fraction of sp³-hybridized carbons (Fsp3) is 0.787. The third-order valence-corrected chi connectivity index (χ3v) is 15.2. The number of rotatable bonds is 36. The summed E-state index contributed by atoms with van der Waals surface area (Å²) in [5.41, 5.74) is 4.49. The van der Waals surface area contributed by atoms with Gasteiger partial charge in [0.1, 0.15) is 54.4 Å². The summed E-state index contributed by atoms with van der Waals surface area (Å²) >= 11 is 0. The van der Waals surface area contributed by atoms with E-state index >= 15 is 4.79 Å². The molecule has 25 heteroatoms. The smallest absolute Gasteiger partial charge is 0.325 e. The van der Waals surface area contributed by atoms with Crippen LogP contribution in [0.5, 0.6) is 0 Å². The molecule has 0 radical (unpaired) electrons. The van der Waals surface area contributed by atoms with E-state index in [1.807, 2.05) is 41.5 Å². The van der Waals surface area contributed by atoms with Gasteiger partial charge in [-0.05, 0) is 102 Å². The maximum absolute atomic E-state index is 15.0. The van der Waals surface area contributed by atoms with E-state index in [0.717, 1.165) is 14.7 Å². The molecule has 0 aliphatic carbocycles. The summed E-state index contributed by atoms with van der Waals surface area (Å²) in [7, 11) is 8.26. The number of hydrogen-bond donors (Lipinski definition) is 8. The van der Waals surface area contributed by atoms with Crippen LogP contribution in [0.2, 0.25) is 0 Å². The van der Waals surface area contributed by atoms with Crippen LogP contribution in [0, 0.1) is 35.5 Å². The molecule has 0 saturated heterocycles. The second-order valence-electron chi connectivity index (χ2n) is 26.0. The zero-order chi connectivity index (χ0) is 67.3. The zero-order valence-corrected chi connectivity index (χ0v) is 56.0. The minimum absolute atomic E-state index is 0.0119. The van der Waals surface area contributed by atoms with E-state index < -0.39 is 161 Å². The lowest BCUT2D eigenvalue weighted by Gasteiger charge is -2.42. The van der Waals surface area contributed by atoms with E-state index in [1.54, 1.807) is 60.6 Å². The summed E-state index contributed by atoms with van der Waals surface area (Å²) in [6.45, 7) is 28.0. The third kappa shape index (κ3) is 24.5. The highest BCUT2D eigenvalue weighted by Crippen LogP contribution is 2.26. The molecule has 0 aromatic carbocycles. The Kier molecular flexibility index (Phi) is 33.6. The molecule has 0 fully saturated rings. The highest BCUT2D eigenvalue weighted by atomic mass is 16.4. The SMILES string of the molecule is C/C=C/C[C@@H](C)[C@@H](O)[C@@H](C(=O)N[C@@H](CC)C(=O)N(C)CC(=O)N[C@@H](CC(C)C)C(=O)N[C@H](C(=O)N(C)[C@@H](CC(C)C)C(=O)N[C@@H](C)C(=O)O)C(C)C)N(C)C(=O)[C@H](C(C)C)N(C)C(=O)[C@H](CC(C)C)N(C)C(=O)[C@H](CC(C)(C)O)N(C)C(=O)[C@@H](C)N. The van der Waals surface area contributed by atoms with E-state index in [2.05, 4.69) is 21.3 Å². The van der Waals surface area contributed by atoms with Gasteiger partial charge in [-0.15, -0.1) is 0 Å². The summed E-state index contributed by atoms with van der Waals surface area (Å²) in [6.07, 6.45) is 2.53. The van der Waals surface area contributed by atoms with Crippen LogP contribution in [0.4, 0.5) is 0 Å². The van der Waals surface area contributed by atoms with Gasteiger partial charge >= 0.3 is 5.97 Å². The van der Waals surface area contributed by atoms with Crippen LogP contribution in [0.1, 0.15) is 156 Å². The average Bonchev–Trinajstić information content (AvgIpc) is 2.35. The predicted octanol–water partition coefficient (Wildman–Crippen LogP) is 1.96. The van der Waals surface area contributed by atoms with Crippen LogP contribution in [-0.2, 0) is 52.7 Å². The quantitative estimate of drug-likeness (QED) is 0.0416. The number of amides is 10. The lowest BCUT2D eigenvalue weighted by molar-refractivity contribution is -0.158. The standard InChI is InChI=1S/C61H111N11O14/c1-24-26-27-38(13)50(74)49(72(23)59(83)48(37(11)12)71(22)56(80)44(30-35(7)8)69(20)57(81)45(31-61(16,17)86)70(21)54(78)39(14)62)53(77)65-41(25-2)55(79)67(18)32-46(73)64-42(28-33(3)4)51(75)66-47(36(9)10)58(82)68(19)43(29-34(5)6)52(76)63-40(15)60(84)85/h24,26,33-45,47-50,74,86H,25,27-32,62H2,1-23H3,(H,63,76)(H,64,73)(H,65,77)(H,66,75)(H,84,85)/b26-24+/t38-,39-,40+,41+,42+,43+,44+,45+,47+,48+,49+,50-/m1/s1. The Hall–Kier alpha value is -6.21. The molecule has 10 amide bonds. The zero-order valence-electron chi connectivity index (χ0n) is 56.0. The van der Waals surface area contributed by atoms with Gasteiger partial charge in [-0.25, -0.2) is 0 Å². The monoisotopic (exact) mass is 1220 g/mol. The molecule has 9 N–H and O–H groups in total. The number of aliphatic hydroxyl groups is 2. The number of carboxylic acid groups (broad SMARTS) is 1. The summed E-state index contributed by atoms with van der Waals surface area (Å²) < 4.78 is 0. The van der Waals surface area contributed by atoms with Crippen molar-refractivity contribution in [2.75, 3.05) is 48.8 Å². The molecule has 25 nitrogen and oxygen atoms in total. The Bertz CT molecular complexity index is 2320. The van der Waals surface area contributed by atoms with Crippen molar-refractivity contribution in [2.24, 2.45) is 41.2 Å². The van der Waals surface area contributed by atoms with Gasteiger partial charge in [0.2, 0.25) is 59.1 Å². The van der Waals surface area contributed by atoms with E-state index in [-0.39, 0.29) is 56.3 Å². The minimum Gasteiger partial charge on any atom is -0.480 e. The first kappa shape index (κ1) is 79.8. The first-order valence-corrected chi connectivity index (χ1v) is 30.2. The number of aliphatic hydroxyl groups excluding tert-OH is 1. The normalized spacial score (nSPS) is 16.1. The van der Waals surface area contributed by atoms with Crippen LogP contribution in [0.25, 0.3) is 0 Å². The average molecular weight is 1220 g/mol. The second-order valence-corrected chi connectivity index (χ2v) is 26.0. The van der Waals surface area contributed by atoms with Gasteiger partial charge in [0.05, 0.1) is 24.3 Å². The molecule has 0 aromatic heterocycles. The van der Waals surface area contributed by atoms with Crippen molar-refractivity contribution in [2.45, 2.75) is 228 Å². The molecule has 0 bridgehead atoms. The molecule has 0 rings (SSSR count). The van der Waals surface area contributed by atoms with Crippen molar-refractivity contribution in [3.05, 3.63) is 12.2 Å². The molecule has 0 aliphatic heterocycles. The van der Waals surface area contributed by atoms with Gasteiger partial charge in [-0.1, -0.05) is 95.2 Å². The maximum atomic E-state index is 15.0. The van der Waals surface area contributed by atoms with Crippen molar-refractivity contribution in [1.29, 1.82) is 0 Å². The molecule has 0 aromatic rings. The van der Waals surface area contributed by atoms with Crippen molar-refractivity contribution < 1.29 is 68.1 Å². The number of carbonyl (C=O) groups excluding carboxylic acids is 10. The van der Waals surface area contributed by atoms with Crippen LogP contribution < -0.4 is 27.0 Å². The Morgan fingerprint density at radius 3 is 1.45 bits per heavy atom. The molecule has 86 heavy (non-hydrogen) atoms. The first-order chi connectivity index (χ1) is 39.4. The van der Waals surface area contributed by atoms with E-state index in [9.17, 15) is 63.3 Å². The number of nitrogens with one attached hydrogen (secondary N) is 4. The molecule has 0 saturated carbocycles. The number of allylic oxidation sites excluding steroid dienone is 2. The largest absolute Gasteiger partial charge is 0.480 e. The highest BCUT2D eigenvalue weighted by Gasteiger charge is 2.45. The van der Waals surface area contributed by atoms with Crippen LogP contribution in [0.3, 0.4) is 0 Å². The molecule has 0 heterocycles. The van der Waals surface area contributed by atoms with Gasteiger partial charge in [-0.3, -0.25) is 52.7 Å². The summed E-state index contributed by atoms with van der Waals surface area (Å²) in [4.78, 5) is 160. The number of carbonyl (C=O) groups is 11. The summed E-state index contributed by atoms with van der Waals surface area (Å²) in [6, 6.07) is -12.3. The van der Waals surface area contributed by atoms with Gasteiger partial charge in [0.25, 0.3) is 0 Å². The molecular formula is C61H111N11O14. The van der Waals surface area contributed by atoms with Crippen LogP contribution in [-0.4, -0.2) is 231 Å². The molecule has 494 valence electrons. The Morgan fingerprint density at radius 1 is 0.535 bits per heavy atom. The van der Waals surface area contributed by atoms with E-state index in [1.165, 1.54) is 84.7 Å². The van der Waals surface area contributed by atoms with Crippen molar-refractivity contribution in [3.8, 4) is 0 Å². The lowest BCUT2D eigenvalue weighted by Crippen LogP contribution is -2.63. The number of likely N-dealkylation sites (N-methyl/N-ethyl adjacent to an activating group) is 6. The number of aliphatic carboxylic acids is 1.